The third-order valence-electron chi connectivity index (χ3n) is 4.46. The van der Waals surface area contributed by atoms with Gasteiger partial charge in [0, 0.05) is 0 Å². The molecule has 27 heavy (non-hydrogen) atoms. The van der Waals surface area contributed by atoms with Crippen LogP contribution in [0.15, 0.2) is 53.4 Å². The van der Waals surface area contributed by atoms with Gasteiger partial charge >= 0.3 is 0 Å². The summed E-state index contributed by atoms with van der Waals surface area (Å²) >= 11 is 0. The van der Waals surface area contributed by atoms with Gasteiger partial charge in [-0.15, -0.1) is 0 Å². The van der Waals surface area contributed by atoms with Crippen molar-refractivity contribution in [3.8, 4) is 5.75 Å². The van der Waals surface area contributed by atoms with Crippen molar-refractivity contribution in [3.63, 3.8) is 0 Å². The first-order valence-electron chi connectivity index (χ1n) is 8.48. The second-order valence-electron chi connectivity index (χ2n) is 6.11. The Bertz CT molecular complexity index is 970. The van der Waals surface area contributed by atoms with Crippen LogP contribution >= 0.6 is 0 Å². The summed E-state index contributed by atoms with van der Waals surface area (Å²) < 4.78 is 30.8. The fourth-order valence-electron chi connectivity index (χ4n) is 3.01. The highest BCUT2D eigenvalue weighted by Gasteiger charge is 2.41. The Morgan fingerprint density at radius 1 is 1.15 bits per heavy atom. The van der Waals surface area contributed by atoms with Crippen molar-refractivity contribution in [2.75, 3.05) is 13.7 Å². The van der Waals surface area contributed by atoms with Gasteiger partial charge in [0.1, 0.15) is 17.2 Å². The Morgan fingerprint density at radius 3 is 2.41 bits per heavy atom. The number of ether oxygens (including phenoxy) is 1. The van der Waals surface area contributed by atoms with E-state index in [9.17, 15) is 18.0 Å². The van der Waals surface area contributed by atoms with Crippen molar-refractivity contribution in [1.82, 2.24) is 9.62 Å². The summed E-state index contributed by atoms with van der Waals surface area (Å²) in [4.78, 5) is 24.8. The van der Waals surface area contributed by atoms with E-state index in [0.717, 1.165) is 5.56 Å². The van der Waals surface area contributed by atoms with Gasteiger partial charge < -0.3 is 10.1 Å². The second-order valence-corrected chi connectivity index (χ2v) is 7.95. The Hall–Kier alpha value is -2.87. The van der Waals surface area contributed by atoms with E-state index in [1.807, 2.05) is 19.1 Å². The molecule has 8 heteroatoms. The minimum atomic E-state index is -4.00. The van der Waals surface area contributed by atoms with Crippen molar-refractivity contribution in [3.05, 3.63) is 59.7 Å². The lowest BCUT2D eigenvalue weighted by atomic mass is 10.0. The zero-order valence-corrected chi connectivity index (χ0v) is 15.8. The minimum Gasteiger partial charge on any atom is -0.497 e. The lowest BCUT2D eigenvalue weighted by Crippen LogP contribution is -2.41. The van der Waals surface area contributed by atoms with E-state index >= 15 is 0 Å². The number of hydrogen-bond donors (Lipinski definition) is 1. The third kappa shape index (κ3) is 3.52. The van der Waals surface area contributed by atoms with Crippen LogP contribution < -0.4 is 10.1 Å². The summed E-state index contributed by atoms with van der Waals surface area (Å²) in [7, 11) is -2.43. The number of methoxy groups -OCH3 is 1. The molecule has 1 aliphatic heterocycles. The SMILES string of the molecule is CC[C@H](NC(=O)CN1C(=O)c2ccccc2S1(=O)=O)c1ccc(OC)cc1. The van der Waals surface area contributed by atoms with Gasteiger partial charge in [-0.05, 0) is 36.2 Å². The topological polar surface area (TPSA) is 92.8 Å². The number of benzene rings is 2. The van der Waals surface area contributed by atoms with Crippen LogP contribution in [-0.4, -0.2) is 38.2 Å². The zero-order chi connectivity index (χ0) is 19.6. The second kappa shape index (κ2) is 7.40. The Labute approximate surface area is 158 Å². The summed E-state index contributed by atoms with van der Waals surface area (Å²) in [5, 5.41) is 2.79. The van der Waals surface area contributed by atoms with Crippen molar-refractivity contribution >= 4 is 21.8 Å². The van der Waals surface area contributed by atoms with E-state index in [0.29, 0.717) is 16.5 Å². The van der Waals surface area contributed by atoms with Gasteiger partial charge in [-0.2, -0.15) is 0 Å². The van der Waals surface area contributed by atoms with E-state index in [2.05, 4.69) is 5.32 Å². The zero-order valence-electron chi connectivity index (χ0n) is 15.0. The minimum absolute atomic E-state index is 0.0648. The molecule has 1 atom stereocenters. The predicted octanol–water partition coefficient (Wildman–Crippen LogP) is 2.11. The molecule has 3 rings (SSSR count). The smallest absolute Gasteiger partial charge is 0.269 e. The number of rotatable bonds is 6. The molecule has 0 saturated heterocycles. The van der Waals surface area contributed by atoms with Gasteiger partial charge in [0.15, 0.2) is 0 Å². The first-order chi connectivity index (χ1) is 12.9. The molecule has 0 aromatic heterocycles. The predicted molar refractivity (Wildman–Crippen MR) is 98.8 cm³/mol. The molecular formula is C19H20N2O5S. The number of sulfonamides is 1. The van der Waals surface area contributed by atoms with Crippen molar-refractivity contribution in [2.24, 2.45) is 0 Å². The van der Waals surface area contributed by atoms with E-state index in [1.54, 1.807) is 31.4 Å². The molecule has 2 aromatic carbocycles. The first kappa shape index (κ1) is 18.9. The van der Waals surface area contributed by atoms with Crippen LogP contribution in [0.4, 0.5) is 0 Å². The van der Waals surface area contributed by atoms with Crippen molar-refractivity contribution < 1.29 is 22.7 Å². The standard InChI is InChI=1S/C19H20N2O5S/c1-3-16(13-8-10-14(26-2)11-9-13)20-18(22)12-21-19(23)15-6-4-5-7-17(15)27(21,24)25/h4-11,16H,3,12H2,1-2H3,(H,20,22)/t16-/m0/s1. The maximum Gasteiger partial charge on any atom is 0.269 e. The lowest BCUT2D eigenvalue weighted by molar-refractivity contribution is -0.121. The molecule has 1 N–H and O–H groups in total. The molecule has 2 amide bonds. The number of hydrogen-bond acceptors (Lipinski definition) is 5. The summed E-state index contributed by atoms with van der Waals surface area (Å²) in [5.41, 5.74) is 0.957. The Morgan fingerprint density at radius 2 is 1.81 bits per heavy atom. The quantitative estimate of drug-likeness (QED) is 0.818. The summed E-state index contributed by atoms with van der Waals surface area (Å²) in [6, 6.07) is 12.9. The van der Waals surface area contributed by atoms with Crippen LogP contribution in [-0.2, 0) is 14.8 Å². The number of carbonyl (C=O) groups is 2. The van der Waals surface area contributed by atoms with Crippen LogP contribution in [0, 0.1) is 0 Å². The first-order valence-corrected chi connectivity index (χ1v) is 9.92. The molecule has 0 unspecified atom stereocenters. The Balaban J connectivity index is 1.74. The molecule has 2 aromatic rings. The molecule has 142 valence electrons. The van der Waals surface area contributed by atoms with Gasteiger partial charge in [-0.25, -0.2) is 12.7 Å². The van der Waals surface area contributed by atoms with Gasteiger partial charge in [0.25, 0.3) is 15.9 Å². The molecule has 0 bridgehead atoms. The maximum atomic E-state index is 12.5. The molecular weight excluding hydrogens is 368 g/mol. The highest BCUT2D eigenvalue weighted by atomic mass is 32.2. The summed E-state index contributed by atoms with van der Waals surface area (Å²) in [5.74, 6) is -0.521. The van der Waals surface area contributed by atoms with Crippen molar-refractivity contribution in [1.29, 1.82) is 0 Å². The number of nitrogens with zero attached hydrogens (tertiary/aromatic N) is 1. The average molecular weight is 388 g/mol. The largest absolute Gasteiger partial charge is 0.497 e. The average Bonchev–Trinajstić information content (AvgIpc) is 2.87. The van der Waals surface area contributed by atoms with Crippen LogP contribution in [0.2, 0.25) is 0 Å². The van der Waals surface area contributed by atoms with Gasteiger partial charge in [-0.1, -0.05) is 31.2 Å². The van der Waals surface area contributed by atoms with E-state index in [4.69, 9.17) is 4.74 Å². The monoisotopic (exact) mass is 388 g/mol. The van der Waals surface area contributed by atoms with Crippen LogP contribution in [0.5, 0.6) is 5.75 Å². The fourth-order valence-corrected chi connectivity index (χ4v) is 4.54. The molecule has 1 heterocycles. The summed E-state index contributed by atoms with van der Waals surface area (Å²) in [6.07, 6.45) is 0.610. The number of fused-ring (bicyclic) bond motifs is 1. The van der Waals surface area contributed by atoms with E-state index in [1.165, 1.54) is 12.1 Å². The fraction of sp³-hybridized carbons (Fsp3) is 0.263. The molecule has 0 fully saturated rings. The molecule has 1 aliphatic rings. The van der Waals surface area contributed by atoms with E-state index in [-0.39, 0.29) is 16.5 Å². The highest BCUT2D eigenvalue weighted by molar-refractivity contribution is 7.90. The van der Waals surface area contributed by atoms with Crippen molar-refractivity contribution in [2.45, 2.75) is 24.3 Å². The molecule has 0 aliphatic carbocycles. The summed E-state index contributed by atoms with van der Waals surface area (Å²) in [6.45, 7) is 1.35. The maximum absolute atomic E-state index is 12.5. The van der Waals surface area contributed by atoms with Gasteiger partial charge in [-0.3, -0.25) is 9.59 Å². The Kier molecular flexibility index (Phi) is 5.18. The highest BCUT2D eigenvalue weighted by Crippen LogP contribution is 2.29. The molecule has 0 saturated carbocycles. The van der Waals surface area contributed by atoms with Gasteiger partial charge in [0.2, 0.25) is 5.91 Å². The van der Waals surface area contributed by atoms with E-state index < -0.39 is 28.4 Å². The normalized spacial score (nSPS) is 15.9. The third-order valence-corrected chi connectivity index (χ3v) is 6.25. The number of nitrogens with one attached hydrogen (secondary N) is 1. The van der Waals surface area contributed by atoms with Gasteiger partial charge in [0.05, 0.1) is 18.7 Å². The number of carbonyl (C=O) groups excluding carboxylic acids is 2. The lowest BCUT2D eigenvalue weighted by Gasteiger charge is -2.20. The molecule has 0 spiro atoms. The molecule has 7 nitrogen and oxygen atoms in total. The van der Waals surface area contributed by atoms with Crippen LogP contribution in [0.3, 0.4) is 0 Å². The van der Waals surface area contributed by atoms with Crippen LogP contribution in [0.1, 0.15) is 35.3 Å². The molecule has 0 radical (unpaired) electrons. The van der Waals surface area contributed by atoms with Crippen LogP contribution in [0.25, 0.3) is 0 Å². The number of amides is 2.